The van der Waals surface area contributed by atoms with Crippen molar-refractivity contribution in [1.29, 1.82) is 0 Å². The van der Waals surface area contributed by atoms with Crippen molar-refractivity contribution in [2.45, 2.75) is 24.8 Å². The molecule has 0 radical (unpaired) electrons. The molecule has 0 aromatic heterocycles. The van der Waals surface area contributed by atoms with Crippen LogP contribution in [-0.4, -0.2) is 58.6 Å². The van der Waals surface area contributed by atoms with Gasteiger partial charge in [0.1, 0.15) is 11.9 Å². The molecule has 1 amide bonds. The quantitative estimate of drug-likeness (QED) is 0.748. The highest BCUT2D eigenvalue weighted by Gasteiger charge is 2.27. The van der Waals surface area contributed by atoms with E-state index in [1.165, 1.54) is 12.1 Å². The largest absolute Gasteiger partial charge is 0.485 e. The number of hydrogen-bond acceptors (Lipinski definition) is 5. The molecule has 156 valence electrons. The first-order valence-corrected chi connectivity index (χ1v) is 11.2. The summed E-state index contributed by atoms with van der Waals surface area (Å²) >= 11 is 0. The van der Waals surface area contributed by atoms with Crippen LogP contribution in [0.5, 0.6) is 5.75 Å². The first-order chi connectivity index (χ1) is 13.9. The van der Waals surface area contributed by atoms with E-state index in [0.29, 0.717) is 25.2 Å². The number of para-hydroxylation sites is 2. The lowest BCUT2D eigenvalue weighted by Gasteiger charge is -2.37. The summed E-state index contributed by atoms with van der Waals surface area (Å²) in [7, 11) is -1.81. The lowest BCUT2D eigenvalue weighted by atomic mass is 10.1. The molecule has 1 atom stereocenters. The van der Waals surface area contributed by atoms with E-state index in [2.05, 4.69) is 16.5 Å². The van der Waals surface area contributed by atoms with Crippen LogP contribution >= 0.6 is 0 Å². The van der Waals surface area contributed by atoms with Crippen molar-refractivity contribution in [3.05, 3.63) is 54.1 Å². The molecule has 0 spiro atoms. The van der Waals surface area contributed by atoms with E-state index in [4.69, 9.17) is 4.74 Å². The number of rotatable bonds is 7. The second-order valence-corrected chi connectivity index (χ2v) is 8.72. The lowest BCUT2D eigenvalue weighted by molar-refractivity contribution is 0.0709. The number of carbonyl (C=O) groups excluding carboxylic acids is 1. The number of nitrogens with one attached hydrogen (secondary N) is 1. The van der Waals surface area contributed by atoms with Gasteiger partial charge >= 0.3 is 0 Å². The van der Waals surface area contributed by atoms with Gasteiger partial charge in [-0.3, -0.25) is 4.79 Å². The molecule has 29 heavy (non-hydrogen) atoms. The number of benzene rings is 2. The average Bonchev–Trinajstić information content (AvgIpc) is 2.72. The molecular weight excluding hydrogens is 390 g/mol. The fourth-order valence-electron chi connectivity index (χ4n) is 3.43. The molecule has 0 fully saturated rings. The molecular formula is C21H27N3O4S. The maximum Gasteiger partial charge on any atom is 0.253 e. The van der Waals surface area contributed by atoms with E-state index in [0.717, 1.165) is 18.0 Å². The predicted octanol–water partition coefficient (Wildman–Crippen LogP) is 2.34. The number of sulfonamides is 1. The van der Waals surface area contributed by atoms with Crippen LogP contribution in [0.15, 0.2) is 53.4 Å². The second kappa shape index (κ2) is 8.84. The Kier molecular flexibility index (Phi) is 6.44. The van der Waals surface area contributed by atoms with E-state index >= 15 is 0 Å². The minimum Gasteiger partial charge on any atom is -0.485 e. The van der Waals surface area contributed by atoms with Crippen LogP contribution in [0.25, 0.3) is 0 Å². The number of anilines is 1. The van der Waals surface area contributed by atoms with Crippen LogP contribution in [0, 0.1) is 0 Å². The lowest BCUT2D eigenvalue weighted by Crippen LogP contribution is -2.46. The molecule has 7 nitrogen and oxygen atoms in total. The van der Waals surface area contributed by atoms with Crippen molar-refractivity contribution < 1.29 is 17.9 Å². The summed E-state index contributed by atoms with van der Waals surface area (Å²) in [6.07, 6.45) is -0.146. The van der Waals surface area contributed by atoms with Crippen LogP contribution in [0.3, 0.4) is 0 Å². The van der Waals surface area contributed by atoms with Gasteiger partial charge in [0, 0.05) is 25.7 Å². The Hall–Kier alpha value is -2.58. The van der Waals surface area contributed by atoms with Gasteiger partial charge in [0.15, 0.2) is 0 Å². The Morgan fingerprint density at radius 3 is 2.52 bits per heavy atom. The third-order valence-electron chi connectivity index (χ3n) is 4.88. The number of hydrogen-bond donors (Lipinski definition) is 1. The Morgan fingerprint density at radius 2 is 1.86 bits per heavy atom. The van der Waals surface area contributed by atoms with Crippen molar-refractivity contribution in [2.75, 3.05) is 38.1 Å². The number of ether oxygens (including phenoxy) is 1. The first kappa shape index (κ1) is 21.1. The van der Waals surface area contributed by atoms with E-state index in [9.17, 15) is 13.2 Å². The number of carbonyl (C=O) groups is 1. The summed E-state index contributed by atoms with van der Waals surface area (Å²) in [5.74, 6) is 0.646. The molecule has 0 aliphatic carbocycles. The topological polar surface area (TPSA) is 79.0 Å². The Balaban J connectivity index is 1.68. The molecule has 0 saturated carbocycles. The molecule has 0 saturated heterocycles. The number of nitrogens with zero attached hydrogens (tertiary/aromatic N) is 2. The second-order valence-electron chi connectivity index (χ2n) is 6.96. The summed E-state index contributed by atoms with van der Waals surface area (Å²) in [4.78, 5) is 16.8. The van der Waals surface area contributed by atoms with Gasteiger partial charge in [-0.1, -0.05) is 19.1 Å². The zero-order valence-corrected chi connectivity index (χ0v) is 17.8. The van der Waals surface area contributed by atoms with E-state index in [1.807, 2.05) is 24.3 Å². The molecule has 2 aromatic carbocycles. The van der Waals surface area contributed by atoms with Gasteiger partial charge in [-0.2, -0.15) is 0 Å². The summed E-state index contributed by atoms with van der Waals surface area (Å²) in [6.45, 7) is 6.11. The van der Waals surface area contributed by atoms with Crippen LogP contribution in [-0.2, 0) is 10.0 Å². The molecule has 1 N–H and O–H groups in total. The van der Waals surface area contributed by atoms with Crippen molar-refractivity contribution in [1.82, 2.24) is 9.62 Å². The molecule has 1 aliphatic rings. The third kappa shape index (κ3) is 4.71. The first-order valence-electron chi connectivity index (χ1n) is 9.71. The highest BCUT2D eigenvalue weighted by Crippen LogP contribution is 2.32. The number of amides is 1. The smallest absolute Gasteiger partial charge is 0.253 e. The van der Waals surface area contributed by atoms with E-state index in [1.54, 1.807) is 31.0 Å². The zero-order valence-electron chi connectivity index (χ0n) is 17.0. The maximum atomic E-state index is 12.8. The van der Waals surface area contributed by atoms with Gasteiger partial charge in [0.25, 0.3) is 5.91 Å². The molecule has 8 heteroatoms. The van der Waals surface area contributed by atoms with E-state index in [-0.39, 0.29) is 16.9 Å². The molecule has 1 heterocycles. The van der Waals surface area contributed by atoms with Crippen LogP contribution in [0.4, 0.5) is 5.69 Å². The predicted molar refractivity (Wildman–Crippen MR) is 113 cm³/mol. The van der Waals surface area contributed by atoms with Crippen molar-refractivity contribution in [2.24, 2.45) is 0 Å². The summed E-state index contributed by atoms with van der Waals surface area (Å²) in [5.41, 5.74) is 1.50. The van der Waals surface area contributed by atoms with Crippen molar-refractivity contribution >= 4 is 21.6 Å². The van der Waals surface area contributed by atoms with Crippen molar-refractivity contribution in [3.8, 4) is 5.75 Å². The van der Waals surface area contributed by atoms with Crippen LogP contribution < -0.4 is 14.4 Å². The molecule has 0 unspecified atom stereocenters. The fourth-order valence-corrected chi connectivity index (χ4v) is 4.47. The van der Waals surface area contributed by atoms with Crippen LogP contribution in [0.2, 0.25) is 0 Å². The fraction of sp³-hybridized carbons (Fsp3) is 0.381. The van der Waals surface area contributed by atoms with Gasteiger partial charge in [0.2, 0.25) is 10.0 Å². The Bertz CT molecular complexity index is 960. The molecule has 2 aromatic rings. The summed E-state index contributed by atoms with van der Waals surface area (Å²) in [5, 5.41) is 0. The van der Waals surface area contributed by atoms with E-state index < -0.39 is 10.0 Å². The number of fused-ring (bicyclic) bond motifs is 1. The molecule has 3 rings (SSSR count). The summed E-state index contributed by atoms with van der Waals surface area (Å²) < 4.78 is 32.6. The maximum absolute atomic E-state index is 12.8. The monoisotopic (exact) mass is 417 g/mol. The molecule has 0 bridgehead atoms. The average molecular weight is 418 g/mol. The normalized spacial score (nSPS) is 16.1. The minimum absolute atomic E-state index is 0.143. The van der Waals surface area contributed by atoms with Gasteiger partial charge in [-0.05, 0) is 43.3 Å². The Morgan fingerprint density at radius 1 is 1.17 bits per heavy atom. The SMILES string of the molecule is CCNS(=O)(=O)c1ccc(C(=O)N(C)C[C@@H]2CN(CC)c3ccccc3O2)cc1. The third-order valence-corrected chi connectivity index (χ3v) is 6.44. The van der Waals surface area contributed by atoms with Crippen LogP contribution in [0.1, 0.15) is 24.2 Å². The van der Waals surface area contributed by atoms with Crippen molar-refractivity contribution in [3.63, 3.8) is 0 Å². The Labute approximate surface area is 172 Å². The zero-order chi connectivity index (χ0) is 21.0. The van der Waals surface area contributed by atoms with Gasteiger partial charge in [-0.25, -0.2) is 13.1 Å². The van der Waals surface area contributed by atoms with Gasteiger partial charge in [-0.15, -0.1) is 0 Å². The molecule has 1 aliphatic heterocycles. The minimum atomic E-state index is -3.53. The summed E-state index contributed by atoms with van der Waals surface area (Å²) in [6, 6.07) is 13.9. The standard InChI is InChI=1S/C21H27N3O4S/c1-4-22-29(26,27)18-12-10-16(11-13-18)21(25)23(3)14-17-15-24(5-2)19-8-6-7-9-20(19)28-17/h6-13,17,22H,4-5,14-15H2,1-3H3/t17-/m1/s1. The van der Waals surface area contributed by atoms with Gasteiger partial charge in [0.05, 0.1) is 23.7 Å². The van der Waals surface area contributed by atoms with Gasteiger partial charge < -0.3 is 14.5 Å². The number of likely N-dealkylation sites (N-methyl/N-ethyl adjacent to an activating group) is 2. The highest BCUT2D eigenvalue weighted by molar-refractivity contribution is 7.89. The highest BCUT2D eigenvalue weighted by atomic mass is 32.2.